The molecule has 0 radical (unpaired) electrons. The molecule has 2 rings (SSSR count). The first kappa shape index (κ1) is 15.6. The fourth-order valence-electron chi connectivity index (χ4n) is 2.43. The molecule has 1 saturated heterocycles. The summed E-state index contributed by atoms with van der Waals surface area (Å²) in [5.74, 6) is -0.149. The van der Waals surface area contributed by atoms with Gasteiger partial charge in [-0.3, -0.25) is 9.59 Å². The average molecular weight is 311 g/mol. The minimum Gasteiger partial charge on any atom is -0.481 e. The SMILES string of the molecule is CC(Oc1ccc(Cl)cc1)C(=O)N1CCCC(C(N)=O)C1. The van der Waals surface area contributed by atoms with Crippen LogP contribution in [0.4, 0.5) is 0 Å². The van der Waals surface area contributed by atoms with E-state index < -0.39 is 6.10 Å². The number of hydrogen-bond donors (Lipinski definition) is 1. The number of ether oxygens (including phenoxy) is 1. The largest absolute Gasteiger partial charge is 0.481 e. The highest BCUT2D eigenvalue weighted by molar-refractivity contribution is 6.30. The van der Waals surface area contributed by atoms with Crippen LogP contribution >= 0.6 is 11.6 Å². The number of rotatable bonds is 4. The van der Waals surface area contributed by atoms with Gasteiger partial charge < -0.3 is 15.4 Å². The minimum atomic E-state index is -0.613. The highest BCUT2D eigenvalue weighted by Gasteiger charge is 2.30. The van der Waals surface area contributed by atoms with E-state index >= 15 is 0 Å². The molecule has 5 nitrogen and oxygen atoms in total. The smallest absolute Gasteiger partial charge is 0.263 e. The monoisotopic (exact) mass is 310 g/mol. The van der Waals surface area contributed by atoms with E-state index in [1.807, 2.05) is 0 Å². The first-order valence-electron chi connectivity index (χ1n) is 6.97. The lowest BCUT2D eigenvalue weighted by Crippen LogP contribution is -2.48. The number of amides is 2. The molecule has 2 amide bonds. The van der Waals surface area contributed by atoms with Crippen LogP contribution in [0.3, 0.4) is 0 Å². The summed E-state index contributed by atoms with van der Waals surface area (Å²) in [7, 11) is 0. The Morgan fingerprint density at radius 3 is 2.67 bits per heavy atom. The molecule has 1 aromatic carbocycles. The first-order chi connectivity index (χ1) is 9.97. The van der Waals surface area contributed by atoms with Crippen molar-refractivity contribution >= 4 is 23.4 Å². The number of nitrogens with two attached hydrogens (primary N) is 1. The van der Waals surface area contributed by atoms with Gasteiger partial charge >= 0.3 is 0 Å². The van der Waals surface area contributed by atoms with E-state index in [1.165, 1.54) is 0 Å². The van der Waals surface area contributed by atoms with Gasteiger partial charge in [0.25, 0.3) is 5.91 Å². The summed E-state index contributed by atoms with van der Waals surface area (Å²) in [6.45, 7) is 2.71. The molecule has 0 aliphatic carbocycles. The predicted molar refractivity (Wildman–Crippen MR) is 80.0 cm³/mol. The Balaban J connectivity index is 1.95. The maximum absolute atomic E-state index is 12.4. The molecule has 2 unspecified atom stereocenters. The van der Waals surface area contributed by atoms with Gasteiger partial charge in [-0.2, -0.15) is 0 Å². The lowest BCUT2D eigenvalue weighted by Gasteiger charge is -2.32. The van der Waals surface area contributed by atoms with Crippen LogP contribution in [0.5, 0.6) is 5.75 Å². The number of hydrogen-bond acceptors (Lipinski definition) is 3. The van der Waals surface area contributed by atoms with E-state index in [2.05, 4.69) is 0 Å². The Morgan fingerprint density at radius 2 is 2.05 bits per heavy atom. The number of piperidine rings is 1. The van der Waals surface area contributed by atoms with Crippen molar-refractivity contribution in [1.82, 2.24) is 4.90 Å². The van der Waals surface area contributed by atoms with Gasteiger partial charge in [-0.05, 0) is 44.0 Å². The van der Waals surface area contributed by atoms with Crippen LogP contribution in [0, 0.1) is 5.92 Å². The van der Waals surface area contributed by atoms with Gasteiger partial charge in [0, 0.05) is 18.1 Å². The highest BCUT2D eigenvalue weighted by Crippen LogP contribution is 2.20. The van der Waals surface area contributed by atoms with Crippen molar-refractivity contribution in [3.05, 3.63) is 29.3 Å². The second-order valence-corrected chi connectivity index (χ2v) is 5.68. The number of carbonyl (C=O) groups excluding carboxylic acids is 2. The van der Waals surface area contributed by atoms with E-state index in [0.717, 1.165) is 12.8 Å². The van der Waals surface area contributed by atoms with Gasteiger partial charge in [0.1, 0.15) is 5.75 Å². The number of halogens is 1. The molecule has 1 aromatic rings. The molecular weight excluding hydrogens is 292 g/mol. The molecule has 0 saturated carbocycles. The van der Waals surface area contributed by atoms with Crippen molar-refractivity contribution in [2.24, 2.45) is 11.7 Å². The van der Waals surface area contributed by atoms with E-state index in [-0.39, 0.29) is 17.7 Å². The molecule has 21 heavy (non-hydrogen) atoms. The molecule has 0 aromatic heterocycles. The van der Waals surface area contributed by atoms with Crippen molar-refractivity contribution in [2.75, 3.05) is 13.1 Å². The molecule has 1 aliphatic heterocycles. The quantitative estimate of drug-likeness (QED) is 0.922. The standard InChI is InChI=1S/C15H19ClN2O3/c1-10(21-13-6-4-12(16)5-7-13)15(20)18-8-2-3-11(9-18)14(17)19/h4-7,10-11H,2-3,8-9H2,1H3,(H2,17,19). The van der Waals surface area contributed by atoms with Crippen LogP contribution in [-0.2, 0) is 9.59 Å². The second-order valence-electron chi connectivity index (χ2n) is 5.24. The van der Waals surface area contributed by atoms with E-state index in [9.17, 15) is 9.59 Å². The van der Waals surface area contributed by atoms with Crippen molar-refractivity contribution in [3.63, 3.8) is 0 Å². The van der Waals surface area contributed by atoms with E-state index in [1.54, 1.807) is 36.1 Å². The normalized spacial score (nSPS) is 19.9. The molecule has 1 heterocycles. The molecule has 2 atom stereocenters. The van der Waals surface area contributed by atoms with Gasteiger partial charge in [0.05, 0.1) is 5.92 Å². The molecule has 0 bridgehead atoms. The number of benzene rings is 1. The molecule has 114 valence electrons. The Bertz CT molecular complexity index is 518. The summed E-state index contributed by atoms with van der Waals surface area (Å²) in [6, 6.07) is 6.85. The summed E-state index contributed by atoms with van der Waals surface area (Å²) < 4.78 is 5.61. The average Bonchev–Trinajstić information content (AvgIpc) is 2.49. The fraction of sp³-hybridized carbons (Fsp3) is 0.467. The molecule has 1 fully saturated rings. The zero-order chi connectivity index (χ0) is 15.4. The Morgan fingerprint density at radius 1 is 1.38 bits per heavy atom. The summed E-state index contributed by atoms with van der Waals surface area (Å²) >= 11 is 5.80. The lowest BCUT2D eigenvalue weighted by molar-refractivity contribution is -0.141. The number of likely N-dealkylation sites (tertiary alicyclic amines) is 1. The van der Waals surface area contributed by atoms with Crippen molar-refractivity contribution in [2.45, 2.75) is 25.9 Å². The summed E-state index contributed by atoms with van der Waals surface area (Å²) in [6.07, 6.45) is 0.913. The third-order valence-corrected chi connectivity index (χ3v) is 3.86. The van der Waals surface area contributed by atoms with Crippen LogP contribution in [-0.4, -0.2) is 35.9 Å². The summed E-state index contributed by atoms with van der Waals surface area (Å²) in [5.41, 5.74) is 5.32. The summed E-state index contributed by atoms with van der Waals surface area (Å²) in [4.78, 5) is 25.3. The molecule has 6 heteroatoms. The van der Waals surface area contributed by atoms with Crippen LogP contribution in [0.25, 0.3) is 0 Å². The Labute approximate surface area is 129 Å². The molecule has 2 N–H and O–H groups in total. The lowest BCUT2D eigenvalue weighted by atomic mass is 9.97. The summed E-state index contributed by atoms with van der Waals surface area (Å²) in [5, 5.41) is 0.613. The molecular formula is C15H19ClN2O3. The van der Waals surface area contributed by atoms with E-state index in [0.29, 0.717) is 23.9 Å². The molecule has 1 aliphatic rings. The zero-order valence-electron chi connectivity index (χ0n) is 11.9. The van der Waals surface area contributed by atoms with Gasteiger partial charge in [-0.25, -0.2) is 0 Å². The van der Waals surface area contributed by atoms with Crippen LogP contribution in [0.1, 0.15) is 19.8 Å². The maximum Gasteiger partial charge on any atom is 0.263 e. The zero-order valence-corrected chi connectivity index (χ0v) is 12.7. The first-order valence-corrected chi connectivity index (χ1v) is 7.35. The second kappa shape index (κ2) is 6.80. The van der Waals surface area contributed by atoms with Crippen LogP contribution in [0.2, 0.25) is 5.02 Å². The van der Waals surface area contributed by atoms with Gasteiger partial charge in [-0.15, -0.1) is 0 Å². The van der Waals surface area contributed by atoms with Gasteiger partial charge in [0.2, 0.25) is 5.91 Å². The van der Waals surface area contributed by atoms with Gasteiger partial charge in [-0.1, -0.05) is 11.6 Å². The van der Waals surface area contributed by atoms with E-state index in [4.69, 9.17) is 22.1 Å². The number of carbonyl (C=O) groups is 2. The van der Waals surface area contributed by atoms with Crippen molar-refractivity contribution in [3.8, 4) is 5.75 Å². The van der Waals surface area contributed by atoms with Crippen molar-refractivity contribution < 1.29 is 14.3 Å². The Kier molecular flexibility index (Phi) is 5.07. The third kappa shape index (κ3) is 4.11. The maximum atomic E-state index is 12.4. The number of primary amides is 1. The highest BCUT2D eigenvalue weighted by atomic mass is 35.5. The topological polar surface area (TPSA) is 72.6 Å². The molecule has 0 spiro atoms. The Hall–Kier alpha value is -1.75. The minimum absolute atomic E-state index is 0.129. The predicted octanol–water partition coefficient (Wildman–Crippen LogP) is 1.83. The van der Waals surface area contributed by atoms with Crippen molar-refractivity contribution in [1.29, 1.82) is 0 Å². The third-order valence-electron chi connectivity index (χ3n) is 3.61. The van der Waals surface area contributed by atoms with Gasteiger partial charge in [0.15, 0.2) is 6.10 Å². The van der Waals surface area contributed by atoms with Crippen LogP contribution < -0.4 is 10.5 Å². The fourth-order valence-corrected chi connectivity index (χ4v) is 2.56. The number of nitrogens with zero attached hydrogens (tertiary/aromatic N) is 1. The van der Waals surface area contributed by atoms with Crippen LogP contribution in [0.15, 0.2) is 24.3 Å².